The van der Waals surface area contributed by atoms with Gasteiger partial charge in [0, 0.05) is 5.92 Å². The molecule has 1 saturated carbocycles. The number of ketones is 3. The molecular weight excluding hydrogens is 484 g/mol. The minimum absolute atomic E-state index is 0.0560. The second kappa shape index (κ2) is 10.8. The maximum Gasteiger partial charge on any atom is 0.187 e. The van der Waals surface area contributed by atoms with Gasteiger partial charge in [0.2, 0.25) is 0 Å². The van der Waals surface area contributed by atoms with Crippen molar-refractivity contribution in [2.45, 2.75) is 114 Å². The Morgan fingerprint density at radius 1 is 0.974 bits per heavy atom. The minimum Gasteiger partial charge on any atom is -0.486 e. The Bertz CT molecular complexity index is 1190. The van der Waals surface area contributed by atoms with Gasteiger partial charge >= 0.3 is 0 Å². The zero-order valence-electron chi connectivity index (χ0n) is 26.2. The fourth-order valence-corrected chi connectivity index (χ4v) is 7.03. The van der Waals surface area contributed by atoms with E-state index >= 15 is 4.79 Å². The van der Waals surface area contributed by atoms with Gasteiger partial charge in [-0.2, -0.15) is 0 Å². The summed E-state index contributed by atoms with van der Waals surface area (Å²) in [5.41, 5.74) is -0.417. The molecule has 3 aliphatic rings. The fraction of sp³-hybridized carbons (Fsp3) is 0.629. The van der Waals surface area contributed by atoms with Crippen LogP contribution in [-0.2, 0) is 19.1 Å². The van der Waals surface area contributed by atoms with E-state index in [0.29, 0.717) is 43.4 Å². The van der Waals surface area contributed by atoms with Gasteiger partial charge in [-0.15, -0.1) is 0 Å². The molecule has 0 N–H and O–H groups in total. The van der Waals surface area contributed by atoms with Gasteiger partial charge in [0.05, 0.1) is 11.0 Å². The lowest BCUT2D eigenvalue weighted by molar-refractivity contribution is -0.182. The van der Waals surface area contributed by atoms with E-state index in [0.717, 1.165) is 5.57 Å². The number of fused-ring (bicyclic) bond motifs is 3. The topological polar surface area (TPSA) is 60.4 Å². The van der Waals surface area contributed by atoms with Crippen LogP contribution >= 0.6 is 0 Å². The summed E-state index contributed by atoms with van der Waals surface area (Å²) < 4.78 is 6.57. The van der Waals surface area contributed by atoms with Crippen molar-refractivity contribution < 1.29 is 19.1 Å². The Labute approximate surface area is 236 Å². The van der Waals surface area contributed by atoms with Crippen molar-refractivity contribution in [3.63, 3.8) is 0 Å². The van der Waals surface area contributed by atoms with Gasteiger partial charge in [-0.05, 0) is 111 Å². The fourth-order valence-electron chi connectivity index (χ4n) is 7.03. The smallest absolute Gasteiger partial charge is 0.187 e. The third kappa shape index (κ3) is 5.09. The van der Waals surface area contributed by atoms with Crippen molar-refractivity contribution in [2.24, 2.45) is 28.1 Å². The van der Waals surface area contributed by atoms with Crippen LogP contribution in [0.5, 0.6) is 0 Å². The molecule has 0 aromatic rings. The molecule has 2 bridgehead atoms. The summed E-state index contributed by atoms with van der Waals surface area (Å²) in [5.74, 6) is -0.888. The molecule has 4 atom stereocenters. The molecule has 1 aliphatic heterocycles. The van der Waals surface area contributed by atoms with Crippen LogP contribution in [0.1, 0.15) is 108 Å². The molecule has 0 aromatic heterocycles. The minimum atomic E-state index is -1.75. The quantitative estimate of drug-likeness (QED) is 0.220. The van der Waals surface area contributed by atoms with Crippen LogP contribution in [0.25, 0.3) is 0 Å². The highest BCUT2D eigenvalue weighted by atomic mass is 16.5. The van der Waals surface area contributed by atoms with Gasteiger partial charge in [-0.1, -0.05) is 55.7 Å². The standard InChI is InChI=1S/C35H50O4/c1-22(2)13-12-18-33(11)26(15-14-23(3)4)21-34(20-16-24(5)6)30-27(17-19-32(9,10)39-30)29(37)35(33,31(34)38)28(36)25(7)8/h13-14,16-17,19,25-26H,12,15,18,20-21H2,1-11H3/t26-,33+,34+,35-/m0/s1. The number of hydrogen-bond donors (Lipinski definition) is 0. The summed E-state index contributed by atoms with van der Waals surface area (Å²) in [7, 11) is 0. The number of carbonyl (C=O) groups excluding carboxylic acids is 3. The Balaban J connectivity index is 2.47. The van der Waals surface area contributed by atoms with E-state index in [1.165, 1.54) is 11.1 Å². The molecule has 39 heavy (non-hydrogen) atoms. The van der Waals surface area contributed by atoms with Crippen LogP contribution in [-0.4, -0.2) is 23.0 Å². The first kappa shape index (κ1) is 31.0. The molecule has 0 aromatic carbocycles. The Hall–Kier alpha value is -2.49. The zero-order chi connectivity index (χ0) is 29.6. The number of allylic oxidation sites excluding steroid dienone is 9. The van der Waals surface area contributed by atoms with Crippen LogP contribution in [0, 0.1) is 28.1 Å². The Morgan fingerprint density at radius 2 is 1.56 bits per heavy atom. The molecular formula is C35H50O4. The van der Waals surface area contributed by atoms with E-state index in [4.69, 9.17) is 4.74 Å². The van der Waals surface area contributed by atoms with Gasteiger partial charge in [-0.3, -0.25) is 14.4 Å². The molecule has 4 heteroatoms. The molecule has 214 valence electrons. The first-order valence-electron chi connectivity index (χ1n) is 14.6. The third-order valence-electron chi connectivity index (χ3n) is 9.19. The SMILES string of the molecule is CC(C)=CCC[C@]1(C)[C@@H](CC=C(C)C)C[C@@]2(CC=C(C)C)C(=O)[C@]1(C(=O)C(C)C)C(=O)C1=C2OC(C)(C)C=C1. The molecule has 3 rings (SSSR count). The van der Waals surface area contributed by atoms with E-state index in [1.54, 1.807) is 0 Å². The first-order valence-corrected chi connectivity index (χ1v) is 14.6. The van der Waals surface area contributed by atoms with Crippen molar-refractivity contribution in [1.29, 1.82) is 0 Å². The molecule has 0 radical (unpaired) electrons. The number of rotatable bonds is 9. The number of hydrogen-bond acceptors (Lipinski definition) is 4. The van der Waals surface area contributed by atoms with Gasteiger partial charge < -0.3 is 4.74 Å². The van der Waals surface area contributed by atoms with Gasteiger partial charge in [0.1, 0.15) is 11.4 Å². The van der Waals surface area contributed by atoms with Crippen molar-refractivity contribution in [2.75, 3.05) is 0 Å². The Morgan fingerprint density at radius 3 is 2.10 bits per heavy atom. The average molecular weight is 535 g/mol. The first-order chi connectivity index (χ1) is 18.0. The van der Waals surface area contributed by atoms with Gasteiger partial charge in [0.15, 0.2) is 22.8 Å². The normalized spacial score (nSPS) is 30.9. The highest BCUT2D eigenvalue weighted by Gasteiger charge is 2.76. The molecule has 0 saturated heterocycles. The van der Waals surface area contributed by atoms with E-state index in [1.807, 2.05) is 53.7 Å². The maximum absolute atomic E-state index is 15.2. The predicted molar refractivity (Wildman–Crippen MR) is 159 cm³/mol. The second-order valence-corrected chi connectivity index (χ2v) is 13.9. The largest absolute Gasteiger partial charge is 0.486 e. The summed E-state index contributed by atoms with van der Waals surface area (Å²) in [4.78, 5) is 44.7. The van der Waals surface area contributed by atoms with Crippen LogP contribution in [0.2, 0.25) is 0 Å². The van der Waals surface area contributed by atoms with E-state index in [-0.39, 0.29) is 23.3 Å². The van der Waals surface area contributed by atoms with E-state index < -0.39 is 27.8 Å². The van der Waals surface area contributed by atoms with Crippen LogP contribution < -0.4 is 0 Å². The zero-order valence-corrected chi connectivity index (χ0v) is 26.2. The summed E-state index contributed by atoms with van der Waals surface area (Å²) >= 11 is 0. The van der Waals surface area contributed by atoms with Crippen molar-refractivity contribution >= 4 is 17.3 Å². The van der Waals surface area contributed by atoms with E-state index in [2.05, 4.69) is 52.8 Å². The second-order valence-electron chi connectivity index (χ2n) is 13.9. The Kier molecular flexibility index (Phi) is 8.61. The number of Topliss-reactive ketones (excluding diaryl/α,β-unsaturated/α-hetero) is 3. The molecule has 1 heterocycles. The molecule has 4 nitrogen and oxygen atoms in total. The maximum atomic E-state index is 15.2. The summed E-state index contributed by atoms with van der Waals surface area (Å²) in [6.07, 6.45) is 13.2. The molecule has 1 fully saturated rings. The molecule has 0 spiro atoms. The van der Waals surface area contributed by atoms with E-state index in [9.17, 15) is 9.59 Å². The highest BCUT2D eigenvalue weighted by Crippen LogP contribution is 2.68. The van der Waals surface area contributed by atoms with Crippen molar-refractivity contribution in [1.82, 2.24) is 0 Å². The number of ether oxygens (including phenoxy) is 1. The summed E-state index contributed by atoms with van der Waals surface area (Å²) in [5, 5.41) is 0. The molecule has 0 amide bonds. The summed E-state index contributed by atoms with van der Waals surface area (Å²) in [6, 6.07) is 0. The number of carbonyl (C=O) groups is 3. The lowest BCUT2D eigenvalue weighted by Crippen LogP contribution is -2.71. The monoisotopic (exact) mass is 534 g/mol. The summed E-state index contributed by atoms with van der Waals surface area (Å²) in [6.45, 7) is 21.9. The lowest BCUT2D eigenvalue weighted by Gasteiger charge is -2.62. The predicted octanol–water partition coefficient (Wildman–Crippen LogP) is 8.44. The molecule has 0 unspecified atom stereocenters. The highest BCUT2D eigenvalue weighted by molar-refractivity contribution is 6.34. The van der Waals surface area contributed by atoms with Crippen molar-refractivity contribution in [3.8, 4) is 0 Å². The third-order valence-corrected chi connectivity index (χ3v) is 9.19. The molecule has 2 aliphatic carbocycles. The average Bonchev–Trinajstić information content (AvgIpc) is 2.81. The lowest BCUT2D eigenvalue weighted by atomic mass is 9.38. The van der Waals surface area contributed by atoms with Gasteiger partial charge in [0.25, 0.3) is 0 Å². The van der Waals surface area contributed by atoms with Crippen LogP contribution in [0.4, 0.5) is 0 Å². The van der Waals surface area contributed by atoms with Crippen molar-refractivity contribution in [3.05, 3.63) is 58.4 Å². The van der Waals surface area contributed by atoms with Gasteiger partial charge in [-0.25, -0.2) is 0 Å². The van der Waals surface area contributed by atoms with Crippen LogP contribution in [0.15, 0.2) is 58.4 Å². The van der Waals surface area contributed by atoms with Crippen LogP contribution in [0.3, 0.4) is 0 Å².